The zero-order valence-electron chi connectivity index (χ0n) is 21.4. The van der Waals surface area contributed by atoms with Crippen molar-refractivity contribution in [1.82, 2.24) is 10.5 Å². The number of nitrogens with zero attached hydrogens (tertiary/aromatic N) is 1. The van der Waals surface area contributed by atoms with Crippen molar-refractivity contribution in [3.8, 4) is 17.0 Å². The molecule has 0 saturated carbocycles. The number of hydrogen-bond acceptors (Lipinski definition) is 6. The number of rotatable bonds is 7. The summed E-state index contributed by atoms with van der Waals surface area (Å²) in [6.45, 7) is 9.39. The van der Waals surface area contributed by atoms with E-state index < -0.39 is 0 Å². The van der Waals surface area contributed by atoms with E-state index in [0.717, 1.165) is 36.1 Å². The minimum atomic E-state index is -0.336. The van der Waals surface area contributed by atoms with Gasteiger partial charge in [0, 0.05) is 30.5 Å². The smallest absolute Gasteiger partial charge is 0.290 e. The molecule has 8 heteroatoms. The van der Waals surface area contributed by atoms with Crippen LogP contribution in [0.4, 0.5) is 5.69 Å². The summed E-state index contributed by atoms with van der Waals surface area (Å²) in [4.78, 5) is 25.7. The van der Waals surface area contributed by atoms with Gasteiger partial charge in [-0.2, -0.15) is 0 Å². The van der Waals surface area contributed by atoms with E-state index >= 15 is 0 Å². The van der Waals surface area contributed by atoms with E-state index in [4.69, 9.17) is 14.0 Å². The van der Waals surface area contributed by atoms with Crippen LogP contribution in [0, 0.1) is 6.92 Å². The molecule has 1 aliphatic rings. The van der Waals surface area contributed by atoms with E-state index in [-0.39, 0.29) is 29.1 Å². The van der Waals surface area contributed by atoms with Gasteiger partial charge in [-0.05, 0) is 60.6 Å². The van der Waals surface area contributed by atoms with Crippen LogP contribution in [0.1, 0.15) is 65.7 Å². The maximum Gasteiger partial charge on any atom is 0.290 e. The van der Waals surface area contributed by atoms with Crippen molar-refractivity contribution in [2.24, 2.45) is 0 Å². The Morgan fingerprint density at radius 3 is 2.61 bits per heavy atom. The van der Waals surface area contributed by atoms with E-state index in [1.165, 1.54) is 0 Å². The molecule has 0 radical (unpaired) electrons. The molecule has 1 atom stereocenters. The first-order valence-corrected chi connectivity index (χ1v) is 12.1. The fraction of sp³-hybridized carbons (Fsp3) is 0.393. The average Bonchev–Trinajstić information content (AvgIpc) is 3.55. The summed E-state index contributed by atoms with van der Waals surface area (Å²) in [6, 6.07) is 12.8. The summed E-state index contributed by atoms with van der Waals surface area (Å²) in [5.74, 6) is 0.0165. The van der Waals surface area contributed by atoms with Gasteiger partial charge < -0.3 is 24.6 Å². The predicted molar refractivity (Wildman–Crippen MR) is 138 cm³/mol. The lowest BCUT2D eigenvalue weighted by atomic mass is 9.86. The first-order valence-electron chi connectivity index (χ1n) is 12.1. The normalized spacial score (nSPS) is 15.5. The number of ether oxygens (including phenoxy) is 2. The largest absolute Gasteiger partial charge is 0.496 e. The lowest BCUT2D eigenvalue weighted by molar-refractivity contribution is 0.0827. The Labute approximate surface area is 211 Å². The van der Waals surface area contributed by atoms with Crippen molar-refractivity contribution in [2.75, 3.05) is 25.6 Å². The Hall–Kier alpha value is -3.65. The molecule has 0 bridgehead atoms. The minimum absolute atomic E-state index is 0.0431. The number of aromatic nitrogens is 1. The minimum Gasteiger partial charge on any atom is -0.496 e. The Bertz CT molecular complexity index is 1250. The van der Waals surface area contributed by atoms with Gasteiger partial charge in [-0.1, -0.05) is 38.1 Å². The molecule has 0 aliphatic carbocycles. The van der Waals surface area contributed by atoms with Crippen LogP contribution in [0.3, 0.4) is 0 Å². The van der Waals surface area contributed by atoms with Crippen LogP contribution in [-0.4, -0.2) is 43.3 Å². The number of methoxy groups -OCH3 is 1. The molecular formula is C28H33N3O5. The molecule has 2 aromatic carbocycles. The van der Waals surface area contributed by atoms with E-state index in [1.807, 2.05) is 43.3 Å². The van der Waals surface area contributed by atoms with Crippen LogP contribution in [0.15, 0.2) is 47.0 Å². The molecule has 3 aromatic rings. The number of anilines is 1. The monoisotopic (exact) mass is 491 g/mol. The number of aryl methyl sites for hydroxylation is 1. The fourth-order valence-corrected chi connectivity index (χ4v) is 4.13. The van der Waals surface area contributed by atoms with Crippen LogP contribution in [0.25, 0.3) is 11.3 Å². The number of nitrogens with one attached hydrogen (secondary N) is 2. The summed E-state index contributed by atoms with van der Waals surface area (Å²) in [7, 11) is 1.55. The maximum absolute atomic E-state index is 13.2. The Morgan fingerprint density at radius 1 is 1.11 bits per heavy atom. The van der Waals surface area contributed by atoms with Gasteiger partial charge in [-0.25, -0.2) is 0 Å². The zero-order valence-corrected chi connectivity index (χ0v) is 21.4. The van der Waals surface area contributed by atoms with E-state index in [2.05, 4.69) is 36.6 Å². The SMILES string of the molecule is COc1ccc(C(C)(C)C)cc1C(=O)Nc1ccc(C)c(-c2cc(C(=O)NCC3CCCO3)on2)c1. The van der Waals surface area contributed by atoms with Crippen molar-refractivity contribution < 1.29 is 23.6 Å². The molecule has 190 valence electrons. The summed E-state index contributed by atoms with van der Waals surface area (Å²) < 4.78 is 16.3. The summed E-state index contributed by atoms with van der Waals surface area (Å²) in [5, 5.41) is 9.89. The lowest BCUT2D eigenvalue weighted by Crippen LogP contribution is -2.31. The third kappa shape index (κ3) is 5.76. The van der Waals surface area contributed by atoms with Crippen LogP contribution < -0.4 is 15.4 Å². The maximum atomic E-state index is 13.2. The molecule has 2 heterocycles. The molecule has 1 saturated heterocycles. The van der Waals surface area contributed by atoms with Gasteiger partial charge in [-0.3, -0.25) is 9.59 Å². The molecule has 1 aromatic heterocycles. The summed E-state index contributed by atoms with van der Waals surface area (Å²) in [5.41, 5.74) is 4.17. The number of carbonyl (C=O) groups is 2. The highest BCUT2D eigenvalue weighted by Gasteiger charge is 2.21. The van der Waals surface area contributed by atoms with Crippen molar-refractivity contribution in [2.45, 2.75) is 52.1 Å². The average molecular weight is 492 g/mol. The van der Waals surface area contributed by atoms with Gasteiger partial charge in [0.2, 0.25) is 5.76 Å². The van der Waals surface area contributed by atoms with E-state index in [0.29, 0.717) is 29.2 Å². The second-order valence-corrected chi connectivity index (χ2v) is 10.1. The van der Waals surface area contributed by atoms with Crippen molar-refractivity contribution in [3.63, 3.8) is 0 Å². The van der Waals surface area contributed by atoms with Crippen LogP contribution >= 0.6 is 0 Å². The standard InChI is InChI=1S/C28H33N3O5/c1-17-8-10-19(30-26(32)22-13-18(28(2,3)4)9-11-24(22)34-5)14-21(17)23-15-25(36-31-23)27(33)29-16-20-7-6-12-35-20/h8-11,13-15,20H,6-7,12,16H2,1-5H3,(H,29,33)(H,30,32). The highest BCUT2D eigenvalue weighted by atomic mass is 16.5. The van der Waals surface area contributed by atoms with Gasteiger partial charge in [-0.15, -0.1) is 0 Å². The highest BCUT2D eigenvalue weighted by Crippen LogP contribution is 2.30. The quantitative estimate of drug-likeness (QED) is 0.476. The lowest BCUT2D eigenvalue weighted by Gasteiger charge is -2.21. The highest BCUT2D eigenvalue weighted by molar-refractivity contribution is 6.06. The second kappa shape index (κ2) is 10.5. The zero-order chi connectivity index (χ0) is 25.9. The molecule has 2 N–H and O–H groups in total. The number of carbonyl (C=O) groups excluding carboxylic acids is 2. The Kier molecular flexibility index (Phi) is 7.45. The number of benzene rings is 2. The second-order valence-electron chi connectivity index (χ2n) is 10.1. The van der Waals surface area contributed by atoms with Crippen molar-refractivity contribution in [1.29, 1.82) is 0 Å². The molecule has 2 amide bonds. The predicted octanol–water partition coefficient (Wildman–Crippen LogP) is 5.12. The first-order chi connectivity index (χ1) is 17.2. The topological polar surface area (TPSA) is 103 Å². The van der Waals surface area contributed by atoms with Gasteiger partial charge in [0.1, 0.15) is 11.4 Å². The van der Waals surface area contributed by atoms with Crippen LogP contribution in [0.2, 0.25) is 0 Å². The third-order valence-electron chi connectivity index (χ3n) is 6.33. The molecular weight excluding hydrogens is 458 g/mol. The fourth-order valence-electron chi connectivity index (χ4n) is 4.13. The van der Waals surface area contributed by atoms with Crippen LogP contribution in [-0.2, 0) is 10.2 Å². The molecule has 1 unspecified atom stereocenters. The molecule has 0 spiro atoms. The summed E-state index contributed by atoms with van der Waals surface area (Å²) >= 11 is 0. The van der Waals surface area contributed by atoms with E-state index in [9.17, 15) is 9.59 Å². The Balaban J connectivity index is 1.51. The van der Waals surface area contributed by atoms with Gasteiger partial charge in [0.05, 0.1) is 18.8 Å². The number of hydrogen-bond donors (Lipinski definition) is 2. The van der Waals surface area contributed by atoms with Crippen molar-refractivity contribution >= 4 is 17.5 Å². The molecule has 8 nitrogen and oxygen atoms in total. The molecule has 1 fully saturated rings. The van der Waals surface area contributed by atoms with Crippen molar-refractivity contribution in [3.05, 3.63) is 64.9 Å². The molecule has 4 rings (SSSR count). The Morgan fingerprint density at radius 2 is 1.92 bits per heavy atom. The van der Waals surface area contributed by atoms with Gasteiger partial charge in [0.25, 0.3) is 11.8 Å². The molecule has 36 heavy (non-hydrogen) atoms. The number of amides is 2. The third-order valence-corrected chi connectivity index (χ3v) is 6.33. The van der Waals surface area contributed by atoms with Gasteiger partial charge in [0.15, 0.2) is 0 Å². The molecule has 1 aliphatic heterocycles. The summed E-state index contributed by atoms with van der Waals surface area (Å²) in [6.07, 6.45) is 1.99. The van der Waals surface area contributed by atoms with Crippen LogP contribution in [0.5, 0.6) is 5.75 Å². The first kappa shape index (κ1) is 25.4. The van der Waals surface area contributed by atoms with E-state index in [1.54, 1.807) is 13.2 Å². The van der Waals surface area contributed by atoms with Gasteiger partial charge >= 0.3 is 0 Å².